The minimum absolute atomic E-state index is 0.0503. The van der Waals surface area contributed by atoms with Crippen molar-refractivity contribution >= 4 is 27.6 Å². The van der Waals surface area contributed by atoms with Gasteiger partial charge in [-0.1, -0.05) is 60.7 Å². The largest absolute Gasteiger partial charge is 0.480 e. The van der Waals surface area contributed by atoms with Gasteiger partial charge in [0.1, 0.15) is 6.04 Å². The zero-order valence-corrected chi connectivity index (χ0v) is 19.5. The number of carboxylic acids is 1. The van der Waals surface area contributed by atoms with E-state index in [1.54, 1.807) is 31.2 Å². The molecule has 0 aliphatic carbocycles. The van der Waals surface area contributed by atoms with Crippen LogP contribution in [0.15, 0.2) is 89.8 Å². The standard InChI is InChI=1S/C25H27N3O5S/c1-2-28(26-21-11-7-4-8-12-21)24(29)18-17-23(25(30)31)27-34(32,33)22-15-13-20(14-16-22)19-9-5-3-6-10-19/h3-16,23,26-27H,2,17-18H2,1H3,(H,30,31). The molecule has 1 unspecified atom stereocenters. The molecule has 9 heteroatoms. The third kappa shape index (κ3) is 6.66. The number of aliphatic carboxylic acids is 1. The maximum atomic E-state index is 12.8. The summed E-state index contributed by atoms with van der Waals surface area (Å²) in [5.41, 5.74) is 5.46. The zero-order chi connectivity index (χ0) is 24.6. The highest BCUT2D eigenvalue weighted by atomic mass is 32.2. The number of amides is 1. The average Bonchev–Trinajstić information content (AvgIpc) is 2.86. The molecule has 0 heterocycles. The minimum Gasteiger partial charge on any atom is -0.480 e. The Labute approximate surface area is 199 Å². The molecule has 3 aromatic rings. The van der Waals surface area contributed by atoms with E-state index in [4.69, 9.17) is 0 Å². The summed E-state index contributed by atoms with van der Waals surface area (Å²) in [5, 5.41) is 10.9. The fourth-order valence-corrected chi connectivity index (χ4v) is 4.56. The molecule has 0 radical (unpaired) electrons. The van der Waals surface area contributed by atoms with Gasteiger partial charge >= 0.3 is 5.97 Å². The third-order valence-corrected chi connectivity index (χ3v) is 6.66. The van der Waals surface area contributed by atoms with Gasteiger partial charge in [-0.05, 0) is 48.7 Å². The van der Waals surface area contributed by atoms with Crippen molar-refractivity contribution in [3.8, 4) is 11.1 Å². The van der Waals surface area contributed by atoms with Gasteiger partial charge < -0.3 is 5.11 Å². The Hall–Kier alpha value is -3.69. The molecule has 34 heavy (non-hydrogen) atoms. The maximum absolute atomic E-state index is 12.8. The SMILES string of the molecule is CCN(Nc1ccccc1)C(=O)CCC(NS(=O)(=O)c1ccc(-c2ccccc2)cc1)C(=O)O. The van der Waals surface area contributed by atoms with Crippen LogP contribution in [0.3, 0.4) is 0 Å². The highest BCUT2D eigenvalue weighted by Gasteiger charge is 2.27. The number of carbonyl (C=O) groups excluding carboxylic acids is 1. The summed E-state index contributed by atoms with van der Waals surface area (Å²) < 4.78 is 27.8. The first-order chi connectivity index (χ1) is 16.3. The second-order valence-corrected chi connectivity index (χ2v) is 9.27. The molecule has 1 atom stereocenters. The van der Waals surface area contributed by atoms with Gasteiger partial charge in [-0.25, -0.2) is 8.42 Å². The number of carbonyl (C=O) groups is 2. The lowest BCUT2D eigenvalue weighted by Crippen LogP contribution is -2.42. The normalized spacial score (nSPS) is 12.0. The lowest BCUT2D eigenvalue weighted by Gasteiger charge is -2.23. The Balaban J connectivity index is 1.64. The summed E-state index contributed by atoms with van der Waals surface area (Å²) in [7, 11) is -4.10. The summed E-state index contributed by atoms with van der Waals surface area (Å²) in [6, 6.07) is 23.3. The molecule has 3 N–H and O–H groups in total. The van der Waals surface area contributed by atoms with E-state index in [0.29, 0.717) is 12.2 Å². The van der Waals surface area contributed by atoms with E-state index in [0.717, 1.165) is 11.1 Å². The van der Waals surface area contributed by atoms with Crippen molar-refractivity contribution in [2.24, 2.45) is 0 Å². The fourth-order valence-electron chi connectivity index (χ4n) is 3.33. The second kappa shape index (κ2) is 11.4. The molecule has 0 aliphatic heterocycles. The molecule has 0 aliphatic rings. The average molecular weight is 482 g/mol. The number of para-hydroxylation sites is 1. The van der Waals surface area contributed by atoms with Gasteiger partial charge in [-0.15, -0.1) is 0 Å². The van der Waals surface area contributed by atoms with E-state index >= 15 is 0 Å². The Morgan fingerprint density at radius 3 is 2.00 bits per heavy atom. The van der Waals surface area contributed by atoms with E-state index in [9.17, 15) is 23.1 Å². The van der Waals surface area contributed by atoms with Crippen molar-refractivity contribution in [3.05, 3.63) is 84.9 Å². The van der Waals surface area contributed by atoms with Gasteiger partial charge in [-0.2, -0.15) is 4.72 Å². The first-order valence-corrected chi connectivity index (χ1v) is 12.3. The van der Waals surface area contributed by atoms with Crippen LogP contribution in [-0.4, -0.2) is 43.0 Å². The van der Waals surface area contributed by atoms with Crippen LogP contribution in [0.25, 0.3) is 11.1 Å². The first-order valence-electron chi connectivity index (χ1n) is 10.8. The van der Waals surface area contributed by atoms with Crippen molar-refractivity contribution in [2.45, 2.75) is 30.7 Å². The Bertz CT molecular complexity index is 1200. The lowest BCUT2D eigenvalue weighted by atomic mass is 10.1. The number of anilines is 1. The number of hydrazine groups is 1. The number of benzene rings is 3. The zero-order valence-electron chi connectivity index (χ0n) is 18.7. The maximum Gasteiger partial charge on any atom is 0.321 e. The smallest absolute Gasteiger partial charge is 0.321 e. The lowest BCUT2D eigenvalue weighted by molar-refractivity contribution is -0.139. The predicted octanol–water partition coefficient (Wildman–Crippen LogP) is 3.74. The molecule has 0 saturated carbocycles. The van der Waals surface area contributed by atoms with E-state index in [1.807, 2.05) is 48.5 Å². The van der Waals surface area contributed by atoms with E-state index in [-0.39, 0.29) is 23.6 Å². The number of nitrogens with zero attached hydrogens (tertiary/aromatic N) is 1. The molecule has 8 nitrogen and oxygen atoms in total. The Kier molecular flexibility index (Phi) is 8.39. The van der Waals surface area contributed by atoms with Crippen LogP contribution in [0.5, 0.6) is 0 Å². The summed E-state index contributed by atoms with van der Waals surface area (Å²) in [4.78, 5) is 24.3. The number of rotatable bonds is 11. The Morgan fingerprint density at radius 1 is 0.882 bits per heavy atom. The summed E-state index contributed by atoms with van der Waals surface area (Å²) in [6.45, 7) is 2.13. The molecule has 0 saturated heterocycles. The van der Waals surface area contributed by atoms with Crippen molar-refractivity contribution < 1.29 is 23.1 Å². The van der Waals surface area contributed by atoms with Crippen LogP contribution in [0.1, 0.15) is 19.8 Å². The van der Waals surface area contributed by atoms with Gasteiger partial charge in [0.25, 0.3) is 0 Å². The minimum atomic E-state index is -4.10. The van der Waals surface area contributed by atoms with Gasteiger partial charge in [0.15, 0.2) is 0 Å². The van der Waals surface area contributed by atoms with Crippen LogP contribution in [-0.2, 0) is 19.6 Å². The molecule has 3 rings (SSSR count). The highest BCUT2D eigenvalue weighted by molar-refractivity contribution is 7.89. The number of sulfonamides is 1. The number of carboxylic acid groups (broad SMARTS) is 1. The molecular formula is C25H27N3O5S. The summed E-state index contributed by atoms with van der Waals surface area (Å²) >= 11 is 0. The molecule has 0 spiro atoms. The van der Waals surface area contributed by atoms with Crippen molar-refractivity contribution in [1.29, 1.82) is 0 Å². The summed E-state index contributed by atoms with van der Waals surface area (Å²) in [6.07, 6.45) is -0.345. The van der Waals surface area contributed by atoms with Gasteiger partial charge in [0, 0.05) is 13.0 Å². The van der Waals surface area contributed by atoms with E-state index in [2.05, 4.69) is 10.1 Å². The van der Waals surface area contributed by atoms with Crippen molar-refractivity contribution in [2.75, 3.05) is 12.0 Å². The third-order valence-electron chi connectivity index (χ3n) is 5.17. The van der Waals surface area contributed by atoms with Gasteiger partial charge in [-0.3, -0.25) is 20.0 Å². The number of nitrogens with one attached hydrogen (secondary N) is 2. The molecule has 1 amide bonds. The molecule has 3 aromatic carbocycles. The van der Waals surface area contributed by atoms with Crippen LogP contribution in [0, 0.1) is 0 Å². The molecular weight excluding hydrogens is 454 g/mol. The fraction of sp³-hybridized carbons (Fsp3) is 0.200. The van der Waals surface area contributed by atoms with Crippen molar-refractivity contribution in [1.82, 2.24) is 9.73 Å². The molecule has 178 valence electrons. The van der Waals surface area contributed by atoms with E-state index in [1.165, 1.54) is 17.1 Å². The van der Waals surface area contributed by atoms with Gasteiger partial charge in [0.2, 0.25) is 15.9 Å². The topological polar surface area (TPSA) is 116 Å². The molecule has 0 bridgehead atoms. The highest BCUT2D eigenvalue weighted by Crippen LogP contribution is 2.21. The number of hydrogen-bond acceptors (Lipinski definition) is 5. The van der Waals surface area contributed by atoms with Crippen LogP contribution in [0.4, 0.5) is 5.69 Å². The van der Waals surface area contributed by atoms with Gasteiger partial charge in [0.05, 0.1) is 10.6 Å². The molecule has 0 fully saturated rings. The summed E-state index contributed by atoms with van der Waals surface area (Å²) in [5.74, 6) is -1.69. The van der Waals surface area contributed by atoms with Crippen LogP contribution in [0.2, 0.25) is 0 Å². The predicted molar refractivity (Wildman–Crippen MR) is 130 cm³/mol. The molecule has 0 aromatic heterocycles. The van der Waals surface area contributed by atoms with Crippen molar-refractivity contribution in [3.63, 3.8) is 0 Å². The van der Waals surface area contributed by atoms with Crippen LogP contribution < -0.4 is 10.1 Å². The monoisotopic (exact) mass is 481 g/mol. The van der Waals surface area contributed by atoms with E-state index < -0.39 is 22.0 Å². The first kappa shape index (κ1) is 24.9. The number of hydrogen-bond donors (Lipinski definition) is 3. The second-order valence-electron chi connectivity index (χ2n) is 7.56. The quantitative estimate of drug-likeness (QED) is 0.359. The Morgan fingerprint density at radius 2 is 1.44 bits per heavy atom. The van der Waals surface area contributed by atoms with Crippen LogP contribution >= 0.6 is 0 Å².